The standard InChI is InChI=1S/C11H9ClN2O4/c12-3-4-18-10(16)6-1-2-8-7(5-6)9(15)14-11(17)13-8/h1-2,5H,3-4H2,(H2,13,14,15,17). The van der Waals surface area contributed by atoms with Crippen molar-refractivity contribution in [3.05, 3.63) is 44.6 Å². The molecule has 2 N–H and O–H groups in total. The highest BCUT2D eigenvalue weighted by molar-refractivity contribution is 6.18. The zero-order chi connectivity index (χ0) is 13.1. The number of nitrogens with one attached hydrogen (secondary N) is 2. The summed E-state index contributed by atoms with van der Waals surface area (Å²) >= 11 is 5.40. The van der Waals surface area contributed by atoms with Gasteiger partial charge in [0.1, 0.15) is 6.61 Å². The quantitative estimate of drug-likeness (QED) is 0.630. The lowest BCUT2D eigenvalue weighted by Gasteiger charge is -2.03. The topological polar surface area (TPSA) is 92.0 Å². The van der Waals surface area contributed by atoms with Crippen molar-refractivity contribution in [2.75, 3.05) is 12.5 Å². The zero-order valence-electron chi connectivity index (χ0n) is 9.16. The van der Waals surface area contributed by atoms with Crippen molar-refractivity contribution in [3.8, 4) is 0 Å². The molecule has 7 heteroatoms. The minimum absolute atomic E-state index is 0.0976. The number of hydrogen-bond acceptors (Lipinski definition) is 4. The van der Waals surface area contributed by atoms with Crippen molar-refractivity contribution >= 4 is 28.5 Å². The van der Waals surface area contributed by atoms with Gasteiger partial charge >= 0.3 is 11.7 Å². The van der Waals surface area contributed by atoms with Gasteiger partial charge in [-0.05, 0) is 18.2 Å². The number of hydrogen-bond donors (Lipinski definition) is 2. The van der Waals surface area contributed by atoms with Crippen molar-refractivity contribution < 1.29 is 9.53 Å². The largest absolute Gasteiger partial charge is 0.461 e. The minimum Gasteiger partial charge on any atom is -0.461 e. The molecule has 2 rings (SSSR count). The molecule has 1 heterocycles. The van der Waals surface area contributed by atoms with E-state index in [0.717, 1.165) is 0 Å². The smallest absolute Gasteiger partial charge is 0.338 e. The molecule has 0 spiro atoms. The number of rotatable bonds is 3. The van der Waals surface area contributed by atoms with E-state index in [1.54, 1.807) is 0 Å². The summed E-state index contributed by atoms with van der Waals surface area (Å²) in [6.45, 7) is 0.0976. The number of benzene rings is 1. The number of aromatic nitrogens is 2. The number of ether oxygens (including phenoxy) is 1. The molecule has 0 bridgehead atoms. The molecule has 0 aliphatic carbocycles. The van der Waals surface area contributed by atoms with Crippen LogP contribution < -0.4 is 11.2 Å². The Labute approximate surface area is 106 Å². The number of esters is 1. The van der Waals surface area contributed by atoms with E-state index in [2.05, 4.69) is 9.97 Å². The lowest BCUT2D eigenvalue weighted by Crippen LogP contribution is -2.22. The van der Waals surface area contributed by atoms with Gasteiger partial charge in [-0.2, -0.15) is 0 Å². The third-order valence-electron chi connectivity index (χ3n) is 2.29. The monoisotopic (exact) mass is 268 g/mol. The first-order valence-corrected chi connectivity index (χ1v) is 5.64. The minimum atomic E-state index is -0.593. The number of alkyl halides is 1. The van der Waals surface area contributed by atoms with Crippen LogP contribution in [0.5, 0.6) is 0 Å². The molecule has 18 heavy (non-hydrogen) atoms. The molecule has 6 nitrogen and oxygen atoms in total. The summed E-state index contributed by atoms with van der Waals surface area (Å²) in [5, 5.41) is 0.218. The molecule has 2 aromatic rings. The van der Waals surface area contributed by atoms with Crippen LogP contribution in [0.2, 0.25) is 0 Å². The normalized spacial score (nSPS) is 10.5. The molecule has 0 unspecified atom stereocenters. The van der Waals surface area contributed by atoms with Crippen LogP contribution in [0.1, 0.15) is 10.4 Å². The molecule has 0 saturated heterocycles. The van der Waals surface area contributed by atoms with Crippen LogP contribution in [0, 0.1) is 0 Å². The molecular formula is C11H9ClN2O4. The molecule has 1 aromatic carbocycles. The molecular weight excluding hydrogens is 260 g/mol. The summed E-state index contributed by atoms with van der Waals surface area (Å²) in [6.07, 6.45) is 0. The van der Waals surface area contributed by atoms with Gasteiger partial charge in [0.15, 0.2) is 0 Å². The number of aromatic amines is 2. The summed E-state index contributed by atoms with van der Waals surface area (Å²) in [5.41, 5.74) is -0.562. The van der Waals surface area contributed by atoms with Crippen molar-refractivity contribution in [3.63, 3.8) is 0 Å². The van der Waals surface area contributed by atoms with Gasteiger partial charge in [-0.25, -0.2) is 9.59 Å². The van der Waals surface area contributed by atoms with Crippen LogP contribution in [0.25, 0.3) is 10.9 Å². The lowest BCUT2D eigenvalue weighted by molar-refractivity contribution is 0.0529. The number of fused-ring (bicyclic) bond motifs is 1. The van der Waals surface area contributed by atoms with Crippen LogP contribution in [0.4, 0.5) is 0 Å². The average molecular weight is 269 g/mol. The van der Waals surface area contributed by atoms with Gasteiger partial charge in [0.05, 0.1) is 22.3 Å². The number of carbonyl (C=O) groups excluding carboxylic acids is 1. The van der Waals surface area contributed by atoms with Crippen molar-refractivity contribution in [1.29, 1.82) is 0 Å². The first kappa shape index (κ1) is 12.4. The van der Waals surface area contributed by atoms with E-state index in [1.807, 2.05) is 0 Å². The Bertz CT molecular complexity index is 704. The summed E-state index contributed by atoms with van der Waals surface area (Å²) in [6, 6.07) is 4.30. The fourth-order valence-electron chi connectivity index (χ4n) is 1.51. The summed E-state index contributed by atoms with van der Waals surface area (Å²) in [7, 11) is 0. The zero-order valence-corrected chi connectivity index (χ0v) is 9.91. The fraction of sp³-hybridized carbons (Fsp3) is 0.182. The predicted octanol–water partition coefficient (Wildman–Crippen LogP) is 0.612. The molecule has 0 aliphatic rings. The Kier molecular flexibility index (Phi) is 3.47. The second kappa shape index (κ2) is 5.05. The first-order chi connectivity index (χ1) is 8.61. The molecule has 0 fully saturated rings. The predicted molar refractivity (Wildman–Crippen MR) is 66.2 cm³/mol. The van der Waals surface area contributed by atoms with Gasteiger partial charge in [-0.3, -0.25) is 9.78 Å². The van der Waals surface area contributed by atoms with Crippen molar-refractivity contribution in [1.82, 2.24) is 9.97 Å². The molecule has 0 radical (unpaired) electrons. The van der Waals surface area contributed by atoms with Gasteiger partial charge in [0, 0.05) is 0 Å². The van der Waals surface area contributed by atoms with E-state index in [1.165, 1.54) is 18.2 Å². The number of halogens is 1. The highest BCUT2D eigenvalue weighted by Crippen LogP contribution is 2.09. The van der Waals surface area contributed by atoms with E-state index in [9.17, 15) is 14.4 Å². The highest BCUT2D eigenvalue weighted by atomic mass is 35.5. The summed E-state index contributed by atoms with van der Waals surface area (Å²) < 4.78 is 4.83. The second-order valence-electron chi connectivity index (χ2n) is 3.49. The SMILES string of the molecule is O=C(OCCCl)c1ccc2[nH]c(=O)[nH]c(=O)c2c1. The van der Waals surface area contributed by atoms with Crippen molar-refractivity contribution in [2.45, 2.75) is 0 Å². The van der Waals surface area contributed by atoms with Crippen LogP contribution in [-0.2, 0) is 4.74 Å². The van der Waals surface area contributed by atoms with E-state index in [-0.39, 0.29) is 23.4 Å². The van der Waals surface area contributed by atoms with Crippen LogP contribution in [-0.4, -0.2) is 28.4 Å². The molecule has 1 aromatic heterocycles. The van der Waals surface area contributed by atoms with Crippen LogP contribution in [0.15, 0.2) is 27.8 Å². The van der Waals surface area contributed by atoms with Crippen LogP contribution in [0.3, 0.4) is 0 Å². The average Bonchev–Trinajstić information content (AvgIpc) is 2.35. The fourth-order valence-corrected chi connectivity index (χ4v) is 1.58. The number of H-pyrrole nitrogens is 2. The van der Waals surface area contributed by atoms with Gasteiger partial charge in [0.25, 0.3) is 5.56 Å². The lowest BCUT2D eigenvalue weighted by atomic mass is 10.1. The molecule has 0 aliphatic heterocycles. The Hall–Kier alpha value is -2.08. The van der Waals surface area contributed by atoms with E-state index < -0.39 is 17.2 Å². The summed E-state index contributed by atoms with van der Waals surface area (Å²) in [5.74, 6) is -0.365. The number of carbonyl (C=O) groups is 1. The van der Waals surface area contributed by atoms with E-state index >= 15 is 0 Å². The van der Waals surface area contributed by atoms with Crippen molar-refractivity contribution in [2.24, 2.45) is 0 Å². The maximum Gasteiger partial charge on any atom is 0.338 e. The first-order valence-electron chi connectivity index (χ1n) is 5.11. The Morgan fingerprint density at radius 3 is 2.78 bits per heavy atom. The van der Waals surface area contributed by atoms with Gasteiger partial charge in [-0.15, -0.1) is 11.6 Å². The Morgan fingerprint density at radius 1 is 1.28 bits per heavy atom. The summed E-state index contributed by atoms with van der Waals surface area (Å²) in [4.78, 5) is 38.7. The second-order valence-corrected chi connectivity index (χ2v) is 3.87. The van der Waals surface area contributed by atoms with Gasteiger partial charge in [-0.1, -0.05) is 0 Å². The molecule has 0 amide bonds. The van der Waals surface area contributed by atoms with Gasteiger partial charge in [0.2, 0.25) is 0 Å². The van der Waals surface area contributed by atoms with E-state index in [4.69, 9.17) is 16.3 Å². The van der Waals surface area contributed by atoms with Gasteiger partial charge < -0.3 is 9.72 Å². The third-order valence-corrected chi connectivity index (χ3v) is 2.44. The third kappa shape index (κ3) is 2.43. The van der Waals surface area contributed by atoms with E-state index in [0.29, 0.717) is 5.52 Å². The maximum absolute atomic E-state index is 11.6. The highest BCUT2D eigenvalue weighted by Gasteiger charge is 2.09. The molecule has 0 atom stereocenters. The van der Waals surface area contributed by atoms with Crippen LogP contribution >= 0.6 is 11.6 Å². The molecule has 94 valence electrons. The molecule has 0 saturated carbocycles. The Balaban J connectivity index is 2.47. The maximum atomic E-state index is 11.6. The Morgan fingerprint density at radius 2 is 2.06 bits per heavy atom.